The number of benzene rings is 1. The van der Waals surface area contributed by atoms with Crippen molar-refractivity contribution in [3.05, 3.63) is 41.5 Å². The number of hydrogen-bond donors (Lipinski definition) is 1. The van der Waals surface area contributed by atoms with Crippen LogP contribution in [0.5, 0.6) is 5.75 Å². The summed E-state index contributed by atoms with van der Waals surface area (Å²) in [5.74, 6) is 2.94. The van der Waals surface area contributed by atoms with Crippen LogP contribution >= 0.6 is 0 Å². The maximum atomic E-state index is 12.6. The van der Waals surface area contributed by atoms with E-state index in [-0.39, 0.29) is 5.91 Å². The van der Waals surface area contributed by atoms with Gasteiger partial charge in [-0.3, -0.25) is 4.79 Å². The second-order valence-corrected chi connectivity index (χ2v) is 6.94. The van der Waals surface area contributed by atoms with E-state index in [4.69, 9.17) is 4.74 Å². The number of aryl methyl sites for hydroxylation is 1. The smallest absolute Gasteiger partial charge is 0.223 e. The lowest BCUT2D eigenvalue weighted by Gasteiger charge is -2.28. The first kappa shape index (κ1) is 17.0. The van der Waals surface area contributed by atoms with Crippen LogP contribution in [-0.2, 0) is 24.3 Å². The first-order valence-corrected chi connectivity index (χ1v) is 9.30. The van der Waals surface area contributed by atoms with E-state index in [1.807, 2.05) is 29.2 Å². The first-order valence-electron chi connectivity index (χ1n) is 9.30. The summed E-state index contributed by atoms with van der Waals surface area (Å²) in [4.78, 5) is 14.5. The molecule has 7 nitrogen and oxygen atoms in total. The largest absolute Gasteiger partial charge is 0.497 e. The number of carbonyl (C=O) groups excluding carboxylic acids is 1. The van der Waals surface area contributed by atoms with Crippen molar-refractivity contribution in [2.75, 3.05) is 20.2 Å². The molecule has 0 unspecified atom stereocenters. The summed E-state index contributed by atoms with van der Waals surface area (Å²) in [6, 6.07) is 8.21. The molecule has 0 aliphatic carbocycles. The van der Waals surface area contributed by atoms with E-state index in [1.54, 1.807) is 7.11 Å². The summed E-state index contributed by atoms with van der Waals surface area (Å²) in [6.07, 6.45) is 3.55. The Balaban J connectivity index is 1.35. The standard InChI is InChI=1S/C19H25N5O2/c1-26-15-7-4-14(5-8-15)6-9-18(25)23-11-12-24-17(13-23)21-22-19(24)16-3-2-10-20-16/h4-5,7-8,16,20H,2-3,6,9-13H2,1H3/t16-/m1/s1. The van der Waals surface area contributed by atoms with E-state index in [0.29, 0.717) is 19.0 Å². The summed E-state index contributed by atoms with van der Waals surface area (Å²) in [5, 5.41) is 12.2. The Hall–Kier alpha value is -2.41. The van der Waals surface area contributed by atoms with Crippen LogP contribution in [0.2, 0.25) is 0 Å². The third-order valence-electron chi connectivity index (χ3n) is 5.29. The predicted octanol–water partition coefficient (Wildman–Crippen LogP) is 1.69. The minimum absolute atomic E-state index is 0.176. The lowest BCUT2D eigenvalue weighted by atomic mass is 10.1. The van der Waals surface area contributed by atoms with Crippen LogP contribution in [0.25, 0.3) is 0 Å². The van der Waals surface area contributed by atoms with E-state index in [0.717, 1.165) is 55.4 Å². The Bertz CT molecular complexity index is 765. The molecule has 1 fully saturated rings. The average molecular weight is 355 g/mol. The highest BCUT2D eigenvalue weighted by atomic mass is 16.5. The number of rotatable bonds is 5. The van der Waals surface area contributed by atoms with Gasteiger partial charge in [0, 0.05) is 19.5 Å². The molecule has 1 amide bonds. The number of hydrogen-bond acceptors (Lipinski definition) is 5. The number of ether oxygens (including phenoxy) is 1. The van der Waals surface area contributed by atoms with Gasteiger partial charge in [-0.25, -0.2) is 0 Å². The number of aromatic nitrogens is 3. The van der Waals surface area contributed by atoms with Crippen molar-refractivity contribution in [3.8, 4) is 5.75 Å². The third kappa shape index (κ3) is 3.44. The Kier molecular flexibility index (Phi) is 4.88. The molecule has 2 aliphatic heterocycles. The Morgan fingerprint density at radius 2 is 2.12 bits per heavy atom. The summed E-state index contributed by atoms with van der Waals surface area (Å²) in [6.45, 7) is 3.11. The fraction of sp³-hybridized carbons (Fsp3) is 0.526. The number of amides is 1. The van der Waals surface area contributed by atoms with Gasteiger partial charge in [0.15, 0.2) is 5.82 Å². The van der Waals surface area contributed by atoms with E-state index < -0.39 is 0 Å². The van der Waals surface area contributed by atoms with Crippen LogP contribution in [0, 0.1) is 0 Å². The number of carbonyl (C=O) groups is 1. The Labute approximate surface area is 153 Å². The number of fused-ring (bicyclic) bond motifs is 1. The zero-order chi connectivity index (χ0) is 17.9. The van der Waals surface area contributed by atoms with E-state index in [2.05, 4.69) is 20.1 Å². The molecule has 1 aromatic carbocycles. The highest BCUT2D eigenvalue weighted by Gasteiger charge is 2.28. The lowest BCUT2D eigenvalue weighted by Crippen LogP contribution is -2.39. The van der Waals surface area contributed by atoms with Crippen molar-refractivity contribution in [1.29, 1.82) is 0 Å². The minimum atomic E-state index is 0.176. The molecule has 4 rings (SSSR count). The Morgan fingerprint density at radius 1 is 1.27 bits per heavy atom. The van der Waals surface area contributed by atoms with E-state index >= 15 is 0 Å². The summed E-state index contributed by atoms with van der Waals surface area (Å²) in [5.41, 5.74) is 1.15. The quantitative estimate of drug-likeness (QED) is 0.884. The molecule has 3 heterocycles. The van der Waals surface area contributed by atoms with Gasteiger partial charge in [0.1, 0.15) is 11.6 Å². The van der Waals surface area contributed by atoms with Crippen LogP contribution < -0.4 is 10.1 Å². The van der Waals surface area contributed by atoms with Gasteiger partial charge in [-0.05, 0) is 43.5 Å². The summed E-state index contributed by atoms with van der Waals surface area (Å²) in [7, 11) is 1.65. The topological polar surface area (TPSA) is 72.3 Å². The fourth-order valence-corrected chi connectivity index (χ4v) is 3.76. The van der Waals surface area contributed by atoms with Gasteiger partial charge in [-0.2, -0.15) is 0 Å². The first-order chi connectivity index (χ1) is 12.7. The molecule has 7 heteroatoms. The summed E-state index contributed by atoms with van der Waals surface area (Å²) >= 11 is 0. The maximum absolute atomic E-state index is 12.6. The highest BCUT2D eigenvalue weighted by Crippen LogP contribution is 2.24. The molecule has 26 heavy (non-hydrogen) atoms. The molecule has 0 radical (unpaired) electrons. The van der Waals surface area contributed by atoms with Gasteiger partial charge in [0.2, 0.25) is 5.91 Å². The van der Waals surface area contributed by atoms with Crippen molar-refractivity contribution in [2.24, 2.45) is 0 Å². The van der Waals surface area contributed by atoms with Gasteiger partial charge >= 0.3 is 0 Å². The van der Waals surface area contributed by atoms with Gasteiger partial charge in [-0.1, -0.05) is 12.1 Å². The molecule has 1 N–H and O–H groups in total. The van der Waals surface area contributed by atoms with Crippen molar-refractivity contribution in [2.45, 2.75) is 44.8 Å². The van der Waals surface area contributed by atoms with Crippen LogP contribution in [-0.4, -0.2) is 45.8 Å². The number of methoxy groups -OCH3 is 1. The summed E-state index contributed by atoms with van der Waals surface area (Å²) < 4.78 is 7.36. The predicted molar refractivity (Wildman–Crippen MR) is 96.7 cm³/mol. The SMILES string of the molecule is COc1ccc(CCC(=O)N2CCn3c(nnc3[C@H]3CCCN3)C2)cc1. The van der Waals surface area contributed by atoms with E-state index in [1.165, 1.54) is 6.42 Å². The van der Waals surface area contributed by atoms with E-state index in [9.17, 15) is 4.79 Å². The fourth-order valence-electron chi connectivity index (χ4n) is 3.76. The molecule has 1 atom stereocenters. The van der Waals surface area contributed by atoms with Crippen LogP contribution in [0.15, 0.2) is 24.3 Å². The van der Waals surface area contributed by atoms with Crippen molar-refractivity contribution < 1.29 is 9.53 Å². The number of nitrogens with zero attached hydrogens (tertiary/aromatic N) is 4. The zero-order valence-electron chi connectivity index (χ0n) is 15.1. The Morgan fingerprint density at radius 3 is 2.85 bits per heavy atom. The van der Waals surface area contributed by atoms with Gasteiger partial charge < -0.3 is 19.5 Å². The normalized spacial score (nSPS) is 19.4. The third-order valence-corrected chi connectivity index (χ3v) is 5.29. The lowest BCUT2D eigenvalue weighted by molar-refractivity contribution is -0.132. The second-order valence-electron chi connectivity index (χ2n) is 6.94. The second kappa shape index (κ2) is 7.45. The zero-order valence-corrected chi connectivity index (χ0v) is 15.1. The van der Waals surface area contributed by atoms with Gasteiger partial charge in [0.25, 0.3) is 0 Å². The molecular weight excluding hydrogens is 330 g/mol. The number of nitrogens with one attached hydrogen (secondary N) is 1. The van der Waals surface area contributed by atoms with Gasteiger partial charge in [0.05, 0.1) is 19.7 Å². The van der Waals surface area contributed by atoms with Crippen LogP contribution in [0.1, 0.15) is 42.5 Å². The molecule has 1 aromatic heterocycles. The van der Waals surface area contributed by atoms with Crippen LogP contribution in [0.4, 0.5) is 0 Å². The average Bonchev–Trinajstić information content (AvgIpc) is 3.35. The monoisotopic (exact) mass is 355 g/mol. The minimum Gasteiger partial charge on any atom is -0.497 e. The van der Waals surface area contributed by atoms with Crippen molar-refractivity contribution in [3.63, 3.8) is 0 Å². The molecule has 138 valence electrons. The molecule has 2 aliphatic rings. The molecule has 1 saturated heterocycles. The molecule has 2 aromatic rings. The maximum Gasteiger partial charge on any atom is 0.223 e. The van der Waals surface area contributed by atoms with Crippen molar-refractivity contribution in [1.82, 2.24) is 25.0 Å². The molecule has 0 bridgehead atoms. The molecule has 0 spiro atoms. The van der Waals surface area contributed by atoms with Gasteiger partial charge in [-0.15, -0.1) is 10.2 Å². The van der Waals surface area contributed by atoms with Crippen LogP contribution in [0.3, 0.4) is 0 Å². The van der Waals surface area contributed by atoms with Crippen molar-refractivity contribution >= 4 is 5.91 Å². The molecular formula is C19H25N5O2. The molecule has 0 saturated carbocycles. The highest BCUT2D eigenvalue weighted by molar-refractivity contribution is 5.76.